The molecule has 0 fully saturated rings. The van der Waals surface area contributed by atoms with Gasteiger partial charge in [-0.2, -0.15) is 0 Å². The van der Waals surface area contributed by atoms with Crippen LogP contribution < -0.4 is 0 Å². The molecule has 2 N–H and O–H groups in total. The van der Waals surface area contributed by atoms with Crippen LogP contribution in [0.25, 0.3) is 56.0 Å². The second kappa shape index (κ2) is 6.91. The van der Waals surface area contributed by atoms with E-state index in [0.717, 1.165) is 51.3 Å². The summed E-state index contributed by atoms with van der Waals surface area (Å²) in [6, 6.07) is 29.9. The van der Waals surface area contributed by atoms with E-state index in [2.05, 4.69) is 65.4 Å². The molecule has 1 aliphatic rings. The maximum Gasteiger partial charge on any atom is 0.138 e. The van der Waals surface area contributed by atoms with Crippen molar-refractivity contribution in [2.24, 2.45) is 0 Å². The minimum Gasteiger partial charge on any atom is -0.338 e. The number of benzene rings is 4. The van der Waals surface area contributed by atoms with E-state index in [1.807, 2.05) is 36.4 Å². The van der Waals surface area contributed by atoms with Gasteiger partial charge in [-0.05, 0) is 65.1 Å². The van der Waals surface area contributed by atoms with Crippen LogP contribution in [0.2, 0.25) is 0 Å². The van der Waals surface area contributed by atoms with E-state index in [9.17, 15) is 0 Å². The summed E-state index contributed by atoms with van der Waals surface area (Å²) in [5.74, 6) is 2.24. The predicted molar refractivity (Wildman–Crippen MR) is 134 cm³/mol. The Bertz CT molecular complexity index is 1480. The Hall–Kier alpha value is -4.18. The summed E-state index contributed by atoms with van der Waals surface area (Å²) in [5.41, 5.74) is 11.7. The fourth-order valence-corrected chi connectivity index (χ4v) is 5.27. The monoisotopic (exact) mass is 426 g/mol. The van der Waals surface area contributed by atoms with Gasteiger partial charge in [0, 0.05) is 17.0 Å². The Kier molecular flexibility index (Phi) is 3.85. The fraction of sp³-hybridized carbons (Fsp3) is 0.103. The molecule has 0 saturated carbocycles. The number of aromatic nitrogens is 4. The highest BCUT2D eigenvalue weighted by Crippen LogP contribution is 2.48. The molecule has 33 heavy (non-hydrogen) atoms. The minimum atomic E-state index is 0.421. The normalized spacial score (nSPS) is 13.0. The molecular formula is C29H22N4. The Morgan fingerprint density at radius 1 is 0.636 bits per heavy atom. The average Bonchev–Trinajstić information content (AvgIpc) is 3.56. The van der Waals surface area contributed by atoms with E-state index in [0.29, 0.717) is 5.92 Å². The van der Waals surface area contributed by atoms with Crippen LogP contribution in [0, 0.1) is 0 Å². The van der Waals surface area contributed by atoms with Crippen molar-refractivity contribution >= 4 is 22.1 Å². The standard InChI is InChI=1S/C29H22N4/c1-2-19-20-13-11-17(28-30-24-7-3-4-8-25(24)31-28)15-22(20)23-16-18(12-14-21(19)23)29-32-26-9-5-6-10-27(26)33-29/h3-16,19H,2H2,1H3,(H,30,31)(H,32,33). The lowest BCUT2D eigenvalue weighted by atomic mass is 9.93. The zero-order valence-corrected chi connectivity index (χ0v) is 18.3. The Balaban J connectivity index is 1.38. The first kappa shape index (κ1) is 18.4. The number of para-hydroxylation sites is 4. The molecule has 0 aliphatic heterocycles. The van der Waals surface area contributed by atoms with E-state index in [1.165, 1.54) is 22.3 Å². The summed E-state index contributed by atoms with van der Waals surface area (Å²) in [7, 11) is 0. The molecule has 1 aliphatic carbocycles. The maximum atomic E-state index is 4.82. The molecule has 7 rings (SSSR count). The molecule has 0 spiro atoms. The molecule has 0 saturated heterocycles. The highest BCUT2D eigenvalue weighted by atomic mass is 14.9. The zero-order valence-electron chi connectivity index (χ0n) is 18.3. The van der Waals surface area contributed by atoms with Crippen molar-refractivity contribution in [1.29, 1.82) is 0 Å². The average molecular weight is 427 g/mol. The SMILES string of the molecule is CCC1c2ccc(-c3nc4ccccc4[nH]3)cc2-c2cc(-c3nc4ccccc4[nH]3)ccc21. The van der Waals surface area contributed by atoms with Crippen LogP contribution in [0.1, 0.15) is 30.4 Å². The quantitative estimate of drug-likeness (QED) is 0.312. The van der Waals surface area contributed by atoms with Gasteiger partial charge < -0.3 is 9.97 Å². The van der Waals surface area contributed by atoms with Gasteiger partial charge in [0.25, 0.3) is 0 Å². The molecule has 2 aromatic heterocycles. The summed E-state index contributed by atoms with van der Waals surface area (Å²) in [6.07, 6.45) is 1.08. The summed E-state index contributed by atoms with van der Waals surface area (Å²) < 4.78 is 0. The molecule has 4 aromatic carbocycles. The number of fused-ring (bicyclic) bond motifs is 5. The van der Waals surface area contributed by atoms with Crippen molar-refractivity contribution in [3.05, 3.63) is 96.1 Å². The first-order valence-electron chi connectivity index (χ1n) is 11.5. The van der Waals surface area contributed by atoms with E-state index >= 15 is 0 Å². The van der Waals surface area contributed by atoms with Crippen LogP contribution in [-0.4, -0.2) is 19.9 Å². The Labute approximate surface area is 191 Å². The van der Waals surface area contributed by atoms with Crippen molar-refractivity contribution in [2.45, 2.75) is 19.3 Å². The van der Waals surface area contributed by atoms with Gasteiger partial charge in [-0.25, -0.2) is 9.97 Å². The van der Waals surface area contributed by atoms with Crippen LogP contribution in [0.5, 0.6) is 0 Å². The summed E-state index contributed by atoms with van der Waals surface area (Å²) >= 11 is 0. The van der Waals surface area contributed by atoms with Gasteiger partial charge >= 0.3 is 0 Å². The summed E-state index contributed by atoms with van der Waals surface area (Å²) in [5, 5.41) is 0. The highest BCUT2D eigenvalue weighted by Gasteiger charge is 2.28. The first-order valence-corrected chi connectivity index (χ1v) is 11.5. The number of H-pyrrole nitrogens is 2. The second-order valence-corrected chi connectivity index (χ2v) is 8.77. The summed E-state index contributed by atoms with van der Waals surface area (Å²) in [6.45, 7) is 2.27. The van der Waals surface area contributed by atoms with Gasteiger partial charge in [0.2, 0.25) is 0 Å². The van der Waals surface area contributed by atoms with Gasteiger partial charge in [-0.3, -0.25) is 0 Å². The first-order chi connectivity index (χ1) is 16.3. The molecule has 4 nitrogen and oxygen atoms in total. The molecule has 0 unspecified atom stereocenters. The van der Waals surface area contributed by atoms with Crippen molar-refractivity contribution < 1.29 is 0 Å². The third kappa shape index (κ3) is 2.77. The molecule has 158 valence electrons. The van der Waals surface area contributed by atoms with Crippen molar-refractivity contribution in [3.8, 4) is 33.9 Å². The zero-order chi connectivity index (χ0) is 21.9. The number of hydrogen-bond donors (Lipinski definition) is 2. The number of nitrogens with one attached hydrogen (secondary N) is 2. The lowest BCUT2D eigenvalue weighted by Crippen LogP contribution is -1.94. The Morgan fingerprint density at radius 2 is 1.12 bits per heavy atom. The lowest BCUT2D eigenvalue weighted by molar-refractivity contribution is 0.797. The van der Waals surface area contributed by atoms with E-state index in [1.54, 1.807) is 0 Å². The molecule has 0 atom stereocenters. The van der Waals surface area contributed by atoms with E-state index in [4.69, 9.17) is 9.97 Å². The van der Waals surface area contributed by atoms with Gasteiger partial charge in [0.05, 0.1) is 22.1 Å². The molecule has 0 radical (unpaired) electrons. The van der Waals surface area contributed by atoms with Crippen molar-refractivity contribution in [2.75, 3.05) is 0 Å². The van der Waals surface area contributed by atoms with E-state index in [-0.39, 0.29) is 0 Å². The molecular weight excluding hydrogens is 404 g/mol. The van der Waals surface area contributed by atoms with Gasteiger partial charge in [0.15, 0.2) is 0 Å². The van der Waals surface area contributed by atoms with Gasteiger partial charge in [0.1, 0.15) is 11.6 Å². The number of rotatable bonds is 3. The number of nitrogens with zero attached hydrogens (tertiary/aromatic N) is 2. The van der Waals surface area contributed by atoms with Crippen LogP contribution in [0.15, 0.2) is 84.9 Å². The third-order valence-corrected chi connectivity index (χ3v) is 6.88. The third-order valence-electron chi connectivity index (χ3n) is 6.88. The second-order valence-electron chi connectivity index (χ2n) is 8.77. The van der Waals surface area contributed by atoms with Crippen LogP contribution in [-0.2, 0) is 0 Å². The minimum absolute atomic E-state index is 0.421. The number of aromatic amines is 2. The maximum absolute atomic E-state index is 4.82. The predicted octanol–water partition coefficient (Wildman–Crippen LogP) is 7.30. The van der Waals surface area contributed by atoms with Crippen LogP contribution in [0.3, 0.4) is 0 Å². The molecule has 4 heteroatoms. The topological polar surface area (TPSA) is 57.4 Å². The van der Waals surface area contributed by atoms with E-state index < -0.39 is 0 Å². The lowest BCUT2D eigenvalue weighted by Gasteiger charge is -2.10. The largest absolute Gasteiger partial charge is 0.338 e. The highest BCUT2D eigenvalue weighted by molar-refractivity contribution is 5.87. The molecule has 0 bridgehead atoms. The van der Waals surface area contributed by atoms with Gasteiger partial charge in [-0.1, -0.05) is 55.5 Å². The molecule has 0 amide bonds. The number of hydrogen-bond acceptors (Lipinski definition) is 2. The van der Waals surface area contributed by atoms with Crippen LogP contribution >= 0.6 is 0 Å². The summed E-state index contributed by atoms with van der Waals surface area (Å²) in [4.78, 5) is 16.6. The fourth-order valence-electron chi connectivity index (χ4n) is 5.27. The van der Waals surface area contributed by atoms with Crippen molar-refractivity contribution in [3.63, 3.8) is 0 Å². The number of imidazole rings is 2. The Morgan fingerprint density at radius 3 is 1.58 bits per heavy atom. The van der Waals surface area contributed by atoms with Crippen LogP contribution in [0.4, 0.5) is 0 Å². The molecule has 6 aromatic rings. The van der Waals surface area contributed by atoms with Crippen molar-refractivity contribution in [1.82, 2.24) is 19.9 Å². The smallest absolute Gasteiger partial charge is 0.138 e. The van der Waals surface area contributed by atoms with Gasteiger partial charge in [-0.15, -0.1) is 0 Å². The molecule has 2 heterocycles.